The number of fused-ring (bicyclic) bond motifs is 1. The first kappa shape index (κ1) is 18.5. The van der Waals surface area contributed by atoms with Gasteiger partial charge in [-0.25, -0.2) is 4.68 Å². The summed E-state index contributed by atoms with van der Waals surface area (Å²) in [4.78, 5) is 0. The third-order valence-electron chi connectivity index (χ3n) is 4.67. The number of para-hydroxylation sites is 1. The summed E-state index contributed by atoms with van der Waals surface area (Å²) in [5, 5.41) is 14.3. The van der Waals surface area contributed by atoms with E-state index in [2.05, 4.69) is 15.9 Å². The lowest BCUT2D eigenvalue weighted by atomic mass is 9.84. The van der Waals surface area contributed by atoms with Crippen LogP contribution in [0.2, 0.25) is 0 Å². The first-order valence-corrected chi connectivity index (χ1v) is 8.77. The minimum Gasteiger partial charge on any atom is -0.435 e. The van der Waals surface area contributed by atoms with E-state index in [9.17, 15) is 14.0 Å². The topological polar surface area (TPSA) is 86.1 Å². The monoisotopic (exact) mass is 394 g/mol. The van der Waals surface area contributed by atoms with Crippen LogP contribution in [0.3, 0.4) is 0 Å². The summed E-state index contributed by atoms with van der Waals surface area (Å²) in [6, 6.07) is 17.6. The van der Waals surface area contributed by atoms with E-state index in [1.807, 2.05) is 37.3 Å². The highest BCUT2D eigenvalue weighted by Crippen LogP contribution is 2.44. The van der Waals surface area contributed by atoms with E-state index < -0.39 is 12.5 Å². The number of allylic oxidation sites excluding steroid dienone is 1. The molecule has 29 heavy (non-hydrogen) atoms. The van der Waals surface area contributed by atoms with Crippen LogP contribution in [0, 0.1) is 18.3 Å². The van der Waals surface area contributed by atoms with E-state index in [4.69, 9.17) is 10.5 Å². The number of halogens is 2. The Hall–Kier alpha value is -3.86. The molecule has 0 saturated carbocycles. The van der Waals surface area contributed by atoms with Gasteiger partial charge in [-0.15, -0.1) is 0 Å². The highest BCUT2D eigenvalue weighted by molar-refractivity contribution is 5.57. The first-order chi connectivity index (χ1) is 14.0. The van der Waals surface area contributed by atoms with Crippen molar-refractivity contribution in [2.75, 3.05) is 0 Å². The Morgan fingerprint density at radius 2 is 1.86 bits per heavy atom. The third kappa shape index (κ3) is 3.27. The Kier molecular flexibility index (Phi) is 4.64. The van der Waals surface area contributed by atoms with Crippen molar-refractivity contribution in [1.29, 1.82) is 5.26 Å². The van der Waals surface area contributed by atoms with E-state index in [0.29, 0.717) is 22.7 Å². The summed E-state index contributed by atoms with van der Waals surface area (Å²) in [6.07, 6.45) is 0. The Labute approximate surface area is 165 Å². The Balaban J connectivity index is 1.85. The number of nitrogens with two attached hydrogens (primary N) is 1. The maximum absolute atomic E-state index is 12.4. The summed E-state index contributed by atoms with van der Waals surface area (Å²) in [6.45, 7) is -1.09. The number of hydrogen-bond acceptors (Lipinski definition) is 5. The number of alkyl halides is 2. The standard InChI is InChI=1S/C21H16F2N4O2/c1-12-17-18(13-7-9-15(10-8-13)28-21(22)23)16(11-24)19(25)29-20(17)27(26-12)14-5-3-2-4-6-14/h2-10,18,21H,25H2,1H3/t18-/m0/s1. The second kappa shape index (κ2) is 7.28. The van der Waals surface area contributed by atoms with E-state index in [0.717, 1.165) is 5.69 Å². The number of ether oxygens (including phenoxy) is 2. The lowest BCUT2D eigenvalue weighted by molar-refractivity contribution is -0.0498. The van der Waals surface area contributed by atoms with Crippen LogP contribution in [0.5, 0.6) is 11.6 Å². The van der Waals surface area contributed by atoms with E-state index in [1.165, 1.54) is 12.1 Å². The second-order valence-electron chi connectivity index (χ2n) is 6.42. The van der Waals surface area contributed by atoms with Gasteiger partial charge < -0.3 is 15.2 Å². The molecule has 146 valence electrons. The van der Waals surface area contributed by atoms with Gasteiger partial charge in [0.2, 0.25) is 11.8 Å². The zero-order valence-electron chi connectivity index (χ0n) is 15.3. The predicted molar refractivity (Wildman–Crippen MR) is 101 cm³/mol. The van der Waals surface area contributed by atoms with Crippen LogP contribution in [0.15, 0.2) is 66.1 Å². The first-order valence-electron chi connectivity index (χ1n) is 8.77. The largest absolute Gasteiger partial charge is 0.435 e. The van der Waals surface area contributed by atoms with Crippen molar-refractivity contribution in [2.24, 2.45) is 5.73 Å². The SMILES string of the molecule is Cc1nn(-c2ccccc2)c2c1[C@@H](c1ccc(OC(F)F)cc1)C(C#N)=C(N)O2. The van der Waals surface area contributed by atoms with E-state index >= 15 is 0 Å². The molecule has 3 aromatic rings. The summed E-state index contributed by atoms with van der Waals surface area (Å²) < 4.78 is 36.7. The van der Waals surface area contributed by atoms with Crippen LogP contribution in [0.4, 0.5) is 8.78 Å². The highest BCUT2D eigenvalue weighted by atomic mass is 19.3. The lowest BCUT2D eigenvalue weighted by Crippen LogP contribution is -2.22. The molecule has 0 fully saturated rings. The van der Waals surface area contributed by atoms with E-state index in [1.54, 1.807) is 16.8 Å². The van der Waals surface area contributed by atoms with Crippen LogP contribution >= 0.6 is 0 Å². The van der Waals surface area contributed by atoms with Gasteiger partial charge in [-0.3, -0.25) is 0 Å². The molecule has 1 aliphatic heterocycles. The number of hydrogen-bond donors (Lipinski definition) is 1. The molecule has 2 aromatic carbocycles. The minimum atomic E-state index is -2.91. The van der Waals surface area contributed by atoms with Gasteiger partial charge in [-0.1, -0.05) is 30.3 Å². The molecule has 8 heteroatoms. The van der Waals surface area contributed by atoms with Gasteiger partial charge in [0, 0.05) is 0 Å². The maximum Gasteiger partial charge on any atom is 0.387 e. The maximum atomic E-state index is 12.4. The van der Waals surface area contributed by atoms with E-state index in [-0.39, 0.29) is 17.2 Å². The molecular weight excluding hydrogens is 378 g/mol. The zero-order valence-corrected chi connectivity index (χ0v) is 15.3. The molecule has 0 unspecified atom stereocenters. The lowest BCUT2D eigenvalue weighted by Gasteiger charge is -2.25. The number of aryl methyl sites for hydroxylation is 1. The molecule has 2 N–H and O–H groups in total. The molecule has 1 aliphatic rings. The number of benzene rings is 2. The van der Waals surface area contributed by atoms with Crippen LogP contribution in [0.1, 0.15) is 22.7 Å². The summed E-state index contributed by atoms with van der Waals surface area (Å²) >= 11 is 0. The fraction of sp³-hybridized carbons (Fsp3) is 0.143. The van der Waals surface area contributed by atoms with Crippen molar-refractivity contribution in [2.45, 2.75) is 19.5 Å². The van der Waals surface area contributed by atoms with Crippen LogP contribution in [-0.2, 0) is 0 Å². The Bertz CT molecular complexity index is 1120. The van der Waals surface area contributed by atoms with Crippen molar-refractivity contribution < 1.29 is 18.3 Å². The third-order valence-corrected chi connectivity index (χ3v) is 4.67. The molecule has 0 radical (unpaired) electrons. The van der Waals surface area contributed by atoms with Gasteiger partial charge in [0.05, 0.1) is 22.9 Å². The Morgan fingerprint density at radius 1 is 1.17 bits per heavy atom. The van der Waals surface area contributed by atoms with Gasteiger partial charge >= 0.3 is 6.61 Å². The molecule has 0 aliphatic carbocycles. The summed E-state index contributed by atoms with van der Waals surface area (Å²) in [7, 11) is 0. The van der Waals surface area contributed by atoms with Gasteiger partial charge in [0.15, 0.2) is 0 Å². The molecule has 0 amide bonds. The predicted octanol–water partition coefficient (Wildman–Crippen LogP) is 4.00. The average Bonchev–Trinajstić information content (AvgIpc) is 3.04. The van der Waals surface area contributed by atoms with Crippen molar-refractivity contribution in [1.82, 2.24) is 9.78 Å². The number of rotatable bonds is 4. The molecule has 4 rings (SSSR count). The normalized spacial score (nSPS) is 15.6. The van der Waals surface area contributed by atoms with Crippen molar-refractivity contribution in [3.05, 3.63) is 82.9 Å². The summed E-state index contributed by atoms with van der Waals surface area (Å²) in [5.41, 5.74) is 9.12. The molecule has 0 spiro atoms. The molecule has 1 atom stereocenters. The second-order valence-corrected chi connectivity index (χ2v) is 6.42. The minimum absolute atomic E-state index is 0.0185. The number of aromatic nitrogens is 2. The van der Waals surface area contributed by atoms with Gasteiger partial charge in [0.1, 0.15) is 17.4 Å². The van der Waals surface area contributed by atoms with Crippen molar-refractivity contribution >= 4 is 0 Å². The van der Waals surface area contributed by atoms with Gasteiger partial charge in [-0.05, 0) is 36.8 Å². The van der Waals surface area contributed by atoms with Crippen molar-refractivity contribution in [3.8, 4) is 23.4 Å². The Morgan fingerprint density at radius 3 is 2.48 bits per heavy atom. The average molecular weight is 394 g/mol. The molecule has 6 nitrogen and oxygen atoms in total. The highest BCUT2D eigenvalue weighted by Gasteiger charge is 2.36. The van der Waals surface area contributed by atoms with Gasteiger partial charge in [0.25, 0.3) is 0 Å². The zero-order chi connectivity index (χ0) is 20.5. The number of nitriles is 1. The number of nitrogens with zero attached hydrogens (tertiary/aromatic N) is 3. The van der Waals surface area contributed by atoms with Crippen LogP contribution in [-0.4, -0.2) is 16.4 Å². The van der Waals surface area contributed by atoms with Gasteiger partial charge in [-0.2, -0.15) is 19.1 Å². The fourth-order valence-electron chi connectivity index (χ4n) is 3.43. The molecule has 1 aromatic heterocycles. The van der Waals surface area contributed by atoms with Crippen LogP contribution < -0.4 is 15.2 Å². The smallest absolute Gasteiger partial charge is 0.387 e. The van der Waals surface area contributed by atoms with Crippen LogP contribution in [0.25, 0.3) is 5.69 Å². The summed E-state index contributed by atoms with van der Waals surface area (Å²) in [5.74, 6) is -0.108. The van der Waals surface area contributed by atoms with Crippen molar-refractivity contribution in [3.63, 3.8) is 0 Å². The molecule has 0 bridgehead atoms. The molecule has 2 heterocycles. The quantitative estimate of drug-likeness (QED) is 0.723. The molecular formula is C21H16F2N4O2. The fourth-order valence-corrected chi connectivity index (χ4v) is 3.43. The molecule has 0 saturated heterocycles.